The minimum absolute atomic E-state index is 0.0223. The summed E-state index contributed by atoms with van der Waals surface area (Å²) in [6, 6.07) is 4.49. The minimum atomic E-state index is -4.35. The van der Waals surface area contributed by atoms with Gasteiger partial charge in [-0.25, -0.2) is 13.8 Å². The number of anilines is 2. The fourth-order valence-electron chi connectivity index (χ4n) is 5.50. The highest BCUT2D eigenvalue weighted by molar-refractivity contribution is 6.34. The molecule has 2 aliphatic rings. The van der Waals surface area contributed by atoms with Crippen LogP contribution in [-0.4, -0.2) is 88.8 Å². The largest absolute Gasteiger partial charge is 0.507 e. The van der Waals surface area contributed by atoms with E-state index in [1.165, 1.54) is 29.2 Å². The third-order valence-electron chi connectivity index (χ3n) is 7.41. The molecule has 1 amide bonds. The number of alkyl halides is 3. The lowest BCUT2D eigenvalue weighted by molar-refractivity contribution is -0.147. The second-order valence-electron chi connectivity index (χ2n) is 10.3. The Morgan fingerprint density at radius 1 is 1.14 bits per heavy atom. The number of carbonyl (C=O) groups is 1. The molecule has 1 unspecified atom stereocenters. The molecule has 5 rings (SSSR count). The summed E-state index contributed by atoms with van der Waals surface area (Å²) in [6.07, 6.45) is -2.07. The maximum absolute atomic E-state index is 16.2. The zero-order valence-corrected chi connectivity index (χ0v) is 23.2. The van der Waals surface area contributed by atoms with Gasteiger partial charge < -0.3 is 20.2 Å². The van der Waals surface area contributed by atoms with Gasteiger partial charge in [0.15, 0.2) is 5.82 Å². The Labute approximate surface area is 243 Å². The summed E-state index contributed by atoms with van der Waals surface area (Å²) >= 11 is 6.48. The number of benzene rings is 2. The monoisotopic (exact) mass is 610 g/mol. The van der Waals surface area contributed by atoms with E-state index in [0.29, 0.717) is 44.8 Å². The average molecular weight is 611 g/mol. The van der Waals surface area contributed by atoms with Crippen molar-refractivity contribution in [1.82, 2.24) is 19.8 Å². The molecule has 42 heavy (non-hydrogen) atoms. The van der Waals surface area contributed by atoms with Crippen LogP contribution >= 0.6 is 11.6 Å². The van der Waals surface area contributed by atoms with Gasteiger partial charge in [0.1, 0.15) is 22.9 Å². The molecule has 0 aliphatic carbocycles. The molecule has 8 nitrogen and oxygen atoms in total. The van der Waals surface area contributed by atoms with Crippen LogP contribution in [0.5, 0.6) is 5.75 Å². The SMILES string of the molecule is C=CC(=O)N1CCN(c2nc(NC3CCCN(CC(F)(F)F)C3)nc3c(F)c(-c4c(O)cccc4F)c(Cl)cc23)CC1. The molecule has 0 radical (unpaired) electrons. The number of phenolic OH excluding ortho intramolecular Hbond substituents is 1. The Balaban J connectivity index is 1.57. The number of aromatic nitrogens is 2. The van der Waals surface area contributed by atoms with Crippen LogP contribution in [0.3, 0.4) is 0 Å². The van der Waals surface area contributed by atoms with Gasteiger partial charge in [0.05, 0.1) is 17.1 Å². The lowest BCUT2D eigenvalue weighted by atomic mass is 10.0. The van der Waals surface area contributed by atoms with Crippen molar-refractivity contribution in [2.75, 3.05) is 56.0 Å². The van der Waals surface area contributed by atoms with E-state index >= 15 is 4.39 Å². The van der Waals surface area contributed by atoms with Crippen molar-refractivity contribution in [2.24, 2.45) is 0 Å². The van der Waals surface area contributed by atoms with E-state index in [2.05, 4.69) is 21.9 Å². The number of hydrogen-bond acceptors (Lipinski definition) is 7. The number of aromatic hydroxyl groups is 1. The molecule has 3 aromatic rings. The average Bonchev–Trinajstić information content (AvgIpc) is 2.93. The summed E-state index contributed by atoms with van der Waals surface area (Å²) in [5, 5.41) is 13.5. The number of fused-ring (bicyclic) bond motifs is 1. The molecule has 2 aliphatic heterocycles. The van der Waals surface area contributed by atoms with Gasteiger partial charge in [0, 0.05) is 49.7 Å². The van der Waals surface area contributed by atoms with Crippen LogP contribution < -0.4 is 10.2 Å². The molecule has 1 aromatic heterocycles. The maximum Gasteiger partial charge on any atom is 0.401 e. The standard InChI is InChI=1S/C28H28ClF5N6O2/c1-2-21(42)39-9-11-40(12-10-39)26-17-13-18(29)22(23-19(30)6-3-7-20(23)41)24(31)25(17)36-27(37-26)35-16-5-4-8-38(14-16)15-28(32,33)34/h2-3,6-7,13,16,41H,1,4-5,8-12,14-15H2,(H,35,36,37). The molecule has 0 bridgehead atoms. The zero-order chi connectivity index (χ0) is 30.2. The molecule has 0 spiro atoms. The van der Waals surface area contributed by atoms with E-state index in [9.17, 15) is 27.5 Å². The van der Waals surface area contributed by atoms with Gasteiger partial charge in [0.2, 0.25) is 11.9 Å². The van der Waals surface area contributed by atoms with Crippen molar-refractivity contribution in [2.45, 2.75) is 25.1 Å². The summed E-state index contributed by atoms with van der Waals surface area (Å²) in [5.74, 6) is -2.36. The number of carbonyl (C=O) groups excluding carboxylic acids is 1. The van der Waals surface area contributed by atoms with Crippen molar-refractivity contribution in [3.63, 3.8) is 0 Å². The highest BCUT2D eigenvalue weighted by Gasteiger charge is 2.34. The second-order valence-corrected chi connectivity index (χ2v) is 10.7. The molecule has 1 atom stereocenters. The van der Waals surface area contributed by atoms with E-state index in [4.69, 9.17) is 11.6 Å². The zero-order valence-electron chi connectivity index (χ0n) is 22.4. The van der Waals surface area contributed by atoms with E-state index in [-0.39, 0.29) is 46.4 Å². The van der Waals surface area contributed by atoms with E-state index in [0.717, 1.165) is 6.07 Å². The molecule has 2 saturated heterocycles. The molecule has 2 fully saturated rings. The Hall–Kier alpha value is -3.71. The van der Waals surface area contributed by atoms with Crippen molar-refractivity contribution in [3.05, 3.63) is 53.6 Å². The minimum Gasteiger partial charge on any atom is -0.507 e. The van der Waals surface area contributed by atoms with Crippen LogP contribution in [-0.2, 0) is 4.79 Å². The number of halogens is 6. The van der Waals surface area contributed by atoms with Crippen LogP contribution in [0, 0.1) is 11.6 Å². The van der Waals surface area contributed by atoms with Gasteiger partial charge in [-0.2, -0.15) is 18.2 Å². The van der Waals surface area contributed by atoms with Gasteiger partial charge in [-0.15, -0.1) is 0 Å². The first-order chi connectivity index (χ1) is 19.9. The Morgan fingerprint density at radius 3 is 2.55 bits per heavy atom. The molecule has 14 heteroatoms. The van der Waals surface area contributed by atoms with Gasteiger partial charge in [-0.1, -0.05) is 24.2 Å². The van der Waals surface area contributed by atoms with Crippen LogP contribution in [0.15, 0.2) is 36.9 Å². The smallest absolute Gasteiger partial charge is 0.401 e. The summed E-state index contributed by atoms with van der Waals surface area (Å²) in [7, 11) is 0. The predicted octanol–water partition coefficient (Wildman–Crippen LogP) is 5.21. The molecule has 0 saturated carbocycles. The highest BCUT2D eigenvalue weighted by atomic mass is 35.5. The number of piperazine rings is 1. The van der Waals surface area contributed by atoms with Crippen molar-refractivity contribution in [3.8, 4) is 16.9 Å². The number of hydrogen-bond donors (Lipinski definition) is 2. The highest BCUT2D eigenvalue weighted by Crippen LogP contribution is 2.42. The quantitative estimate of drug-likeness (QED) is 0.293. The molecular weight excluding hydrogens is 583 g/mol. The van der Waals surface area contributed by atoms with Gasteiger partial charge in [-0.05, 0) is 43.7 Å². The number of piperidine rings is 1. The fourth-order valence-corrected chi connectivity index (χ4v) is 5.78. The first kappa shape index (κ1) is 29.8. The van der Waals surface area contributed by atoms with E-state index in [1.54, 1.807) is 4.90 Å². The topological polar surface area (TPSA) is 84.8 Å². The lowest BCUT2D eigenvalue weighted by Crippen LogP contribution is -2.48. The molecule has 224 valence electrons. The lowest BCUT2D eigenvalue weighted by Gasteiger charge is -2.36. The molecule has 3 heterocycles. The Bertz CT molecular complexity index is 1490. The predicted molar refractivity (Wildman–Crippen MR) is 150 cm³/mol. The molecule has 2 N–H and O–H groups in total. The summed E-state index contributed by atoms with van der Waals surface area (Å²) < 4.78 is 70.1. The van der Waals surface area contributed by atoms with Gasteiger partial charge in [-0.3, -0.25) is 9.69 Å². The first-order valence-corrected chi connectivity index (χ1v) is 13.7. The first-order valence-electron chi connectivity index (χ1n) is 13.3. The van der Waals surface area contributed by atoms with E-state index in [1.807, 2.05) is 4.90 Å². The summed E-state index contributed by atoms with van der Waals surface area (Å²) in [5.41, 5.74) is -1.02. The van der Waals surface area contributed by atoms with Crippen molar-refractivity contribution in [1.29, 1.82) is 0 Å². The number of phenols is 1. The van der Waals surface area contributed by atoms with Gasteiger partial charge >= 0.3 is 6.18 Å². The number of nitrogens with one attached hydrogen (secondary N) is 1. The molecule has 2 aromatic carbocycles. The van der Waals surface area contributed by atoms with Crippen LogP contribution in [0.1, 0.15) is 12.8 Å². The Kier molecular flexibility index (Phi) is 8.42. The second kappa shape index (κ2) is 11.9. The maximum atomic E-state index is 16.2. The van der Waals surface area contributed by atoms with Crippen LogP contribution in [0.4, 0.5) is 33.7 Å². The van der Waals surface area contributed by atoms with Crippen molar-refractivity contribution >= 4 is 40.2 Å². The Morgan fingerprint density at radius 2 is 1.88 bits per heavy atom. The summed E-state index contributed by atoms with van der Waals surface area (Å²) in [6.45, 7) is 4.18. The van der Waals surface area contributed by atoms with Crippen molar-refractivity contribution < 1.29 is 31.9 Å². The number of nitrogens with zero attached hydrogens (tertiary/aromatic N) is 5. The third-order valence-corrected chi connectivity index (χ3v) is 7.71. The number of amides is 1. The normalized spacial score (nSPS) is 18.4. The number of rotatable bonds is 6. The molecular formula is C28H28ClF5N6O2. The summed E-state index contributed by atoms with van der Waals surface area (Å²) in [4.78, 5) is 25.8. The van der Waals surface area contributed by atoms with Crippen LogP contribution in [0.2, 0.25) is 5.02 Å². The van der Waals surface area contributed by atoms with Gasteiger partial charge in [0.25, 0.3) is 0 Å². The fraction of sp³-hybridized carbons (Fsp3) is 0.393. The number of likely N-dealkylation sites (tertiary alicyclic amines) is 1. The van der Waals surface area contributed by atoms with E-state index < -0.39 is 41.7 Å². The van der Waals surface area contributed by atoms with Crippen LogP contribution in [0.25, 0.3) is 22.0 Å². The third kappa shape index (κ3) is 6.21.